The van der Waals surface area contributed by atoms with Crippen molar-refractivity contribution in [1.82, 2.24) is 14.8 Å². The Labute approximate surface area is 103 Å². The Morgan fingerprint density at radius 3 is 2.71 bits per heavy atom. The lowest BCUT2D eigenvalue weighted by molar-refractivity contribution is -0.115. The largest absolute Gasteiger partial charge is 0.369 e. The Morgan fingerprint density at radius 2 is 2.06 bits per heavy atom. The number of hydrogen-bond donors (Lipinski definition) is 1. The third-order valence-corrected chi connectivity index (χ3v) is 3.10. The number of aromatic nitrogens is 3. The van der Waals surface area contributed by atoms with Gasteiger partial charge in [0.2, 0.25) is 5.91 Å². The summed E-state index contributed by atoms with van der Waals surface area (Å²) in [6, 6.07) is 9.75. The van der Waals surface area contributed by atoms with Crippen molar-refractivity contribution < 1.29 is 4.79 Å². The first-order valence-electron chi connectivity index (χ1n) is 5.07. The number of aryl methyl sites for hydroxylation is 1. The molecular formula is C11H12N4OS. The van der Waals surface area contributed by atoms with Crippen LogP contribution in [0, 0.1) is 6.92 Å². The van der Waals surface area contributed by atoms with Crippen LogP contribution < -0.4 is 5.73 Å². The molecule has 0 fully saturated rings. The van der Waals surface area contributed by atoms with Gasteiger partial charge in [0.05, 0.1) is 5.75 Å². The molecule has 5 nitrogen and oxygen atoms in total. The van der Waals surface area contributed by atoms with Gasteiger partial charge in [0.15, 0.2) is 5.16 Å². The lowest BCUT2D eigenvalue weighted by Crippen LogP contribution is -2.13. The van der Waals surface area contributed by atoms with E-state index in [0.717, 1.165) is 11.5 Å². The van der Waals surface area contributed by atoms with Crippen molar-refractivity contribution in [3.63, 3.8) is 0 Å². The predicted octanol–water partition coefficient (Wildman–Crippen LogP) is 1.15. The molecule has 1 heterocycles. The number of para-hydroxylation sites is 1. The van der Waals surface area contributed by atoms with E-state index in [2.05, 4.69) is 10.2 Å². The molecule has 17 heavy (non-hydrogen) atoms. The fourth-order valence-electron chi connectivity index (χ4n) is 1.45. The fourth-order valence-corrected chi connectivity index (χ4v) is 2.18. The van der Waals surface area contributed by atoms with E-state index < -0.39 is 0 Å². The van der Waals surface area contributed by atoms with E-state index in [-0.39, 0.29) is 11.7 Å². The minimum atomic E-state index is -0.365. The van der Waals surface area contributed by atoms with E-state index >= 15 is 0 Å². The molecule has 2 aromatic rings. The maximum Gasteiger partial charge on any atom is 0.227 e. The molecule has 0 saturated heterocycles. The summed E-state index contributed by atoms with van der Waals surface area (Å²) >= 11 is 1.29. The molecule has 0 unspecified atom stereocenters. The second kappa shape index (κ2) is 5.01. The highest BCUT2D eigenvalue weighted by Gasteiger charge is 2.11. The van der Waals surface area contributed by atoms with E-state index in [9.17, 15) is 4.79 Å². The Bertz CT molecular complexity index is 524. The summed E-state index contributed by atoms with van der Waals surface area (Å²) in [5.41, 5.74) is 6.09. The van der Waals surface area contributed by atoms with Crippen molar-refractivity contribution in [3.8, 4) is 5.69 Å². The standard InChI is InChI=1S/C11H12N4OS/c1-8-13-14-11(17-7-10(12)16)15(8)9-5-3-2-4-6-9/h2-6H,7H2,1H3,(H2,12,16). The number of primary amides is 1. The van der Waals surface area contributed by atoms with Gasteiger partial charge in [-0.3, -0.25) is 9.36 Å². The van der Waals surface area contributed by atoms with Gasteiger partial charge >= 0.3 is 0 Å². The quantitative estimate of drug-likeness (QED) is 0.824. The molecule has 2 rings (SSSR count). The van der Waals surface area contributed by atoms with Gasteiger partial charge in [0.25, 0.3) is 0 Å². The van der Waals surface area contributed by atoms with Crippen LogP contribution in [0.3, 0.4) is 0 Å². The Balaban J connectivity index is 2.33. The highest BCUT2D eigenvalue weighted by Crippen LogP contribution is 2.20. The lowest BCUT2D eigenvalue weighted by atomic mass is 10.3. The summed E-state index contributed by atoms with van der Waals surface area (Å²) in [5, 5.41) is 8.72. The number of benzene rings is 1. The highest BCUT2D eigenvalue weighted by molar-refractivity contribution is 7.99. The predicted molar refractivity (Wildman–Crippen MR) is 66.0 cm³/mol. The van der Waals surface area contributed by atoms with Crippen LogP contribution in [0.4, 0.5) is 0 Å². The molecule has 0 bridgehead atoms. The smallest absolute Gasteiger partial charge is 0.227 e. The molecule has 1 aromatic carbocycles. The summed E-state index contributed by atoms with van der Waals surface area (Å²) in [6.45, 7) is 1.87. The molecule has 0 aliphatic carbocycles. The minimum Gasteiger partial charge on any atom is -0.369 e. The van der Waals surface area contributed by atoms with E-state index in [4.69, 9.17) is 5.73 Å². The SMILES string of the molecule is Cc1nnc(SCC(N)=O)n1-c1ccccc1. The summed E-state index contributed by atoms with van der Waals surface area (Å²) < 4.78 is 1.90. The first kappa shape index (κ1) is 11.7. The Hall–Kier alpha value is -1.82. The summed E-state index contributed by atoms with van der Waals surface area (Å²) in [4.78, 5) is 10.8. The third-order valence-electron chi connectivity index (χ3n) is 2.15. The zero-order valence-corrected chi connectivity index (χ0v) is 10.1. The van der Waals surface area contributed by atoms with Gasteiger partial charge in [-0.25, -0.2) is 0 Å². The molecular weight excluding hydrogens is 236 g/mol. The van der Waals surface area contributed by atoms with Gasteiger partial charge < -0.3 is 5.73 Å². The maximum atomic E-state index is 10.8. The number of carbonyl (C=O) groups is 1. The molecule has 0 aliphatic rings. The van der Waals surface area contributed by atoms with Crippen LogP contribution in [0.25, 0.3) is 5.69 Å². The number of rotatable bonds is 4. The van der Waals surface area contributed by atoms with Gasteiger partial charge in [0, 0.05) is 5.69 Å². The molecule has 1 amide bonds. The van der Waals surface area contributed by atoms with Crippen molar-refractivity contribution in [3.05, 3.63) is 36.2 Å². The molecule has 6 heteroatoms. The number of thioether (sulfide) groups is 1. The van der Waals surface area contributed by atoms with Crippen LogP contribution in [-0.2, 0) is 4.79 Å². The van der Waals surface area contributed by atoms with Gasteiger partial charge in [-0.1, -0.05) is 30.0 Å². The van der Waals surface area contributed by atoms with Gasteiger partial charge in [-0.15, -0.1) is 10.2 Å². The number of nitrogens with zero attached hydrogens (tertiary/aromatic N) is 3. The molecule has 88 valence electrons. The maximum absolute atomic E-state index is 10.8. The molecule has 1 aromatic heterocycles. The molecule has 2 N–H and O–H groups in total. The summed E-state index contributed by atoms with van der Waals surface area (Å²) in [6.07, 6.45) is 0. The zero-order valence-electron chi connectivity index (χ0n) is 9.33. The first-order chi connectivity index (χ1) is 8.18. The second-order valence-corrected chi connectivity index (χ2v) is 4.40. The zero-order chi connectivity index (χ0) is 12.3. The normalized spacial score (nSPS) is 10.4. The van der Waals surface area contributed by atoms with Crippen LogP contribution in [0.1, 0.15) is 5.82 Å². The number of nitrogens with two attached hydrogens (primary N) is 1. The molecule has 0 saturated carbocycles. The summed E-state index contributed by atoms with van der Waals surface area (Å²) in [5.74, 6) is 0.615. The second-order valence-electron chi connectivity index (χ2n) is 3.46. The number of carbonyl (C=O) groups excluding carboxylic acids is 1. The number of amides is 1. The van der Waals surface area contributed by atoms with E-state index in [1.807, 2.05) is 41.8 Å². The highest BCUT2D eigenvalue weighted by atomic mass is 32.2. The Kier molecular flexibility index (Phi) is 3.43. The fraction of sp³-hybridized carbons (Fsp3) is 0.182. The van der Waals surface area contributed by atoms with Crippen molar-refractivity contribution in [2.24, 2.45) is 5.73 Å². The van der Waals surface area contributed by atoms with Gasteiger partial charge in [-0.05, 0) is 19.1 Å². The number of hydrogen-bond acceptors (Lipinski definition) is 4. The van der Waals surface area contributed by atoms with Crippen LogP contribution in [-0.4, -0.2) is 26.4 Å². The average Bonchev–Trinajstić information content (AvgIpc) is 2.69. The monoisotopic (exact) mass is 248 g/mol. The molecule has 0 atom stereocenters. The van der Waals surface area contributed by atoms with E-state index in [1.165, 1.54) is 11.8 Å². The van der Waals surface area contributed by atoms with E-state index in [0.29, 0.717) is 5.16 Å². The minimum absolute atomic E-state index is 0.199. The molecule has 0 spiro atoms. The van der Waals surface area contributed by atoms with Crippen molar-refractivity contribution in [2.75, 3.05) is 5.75 Å². The van der Waals surface area contributed by atoms with Crippen LogP contribution in [0.5, 0.6) is 0 Å². The van der Waals surface area contributed by atoms with Crippen LogP contribution in [0.2, 0.25) is 0 Å². The van der Waals surface area contributed by atoms with Crippen molar-refractivity contribution in [1.29, 1.82) is 0 Å². The third kappa shape index (κ3) is 2.65. The van der Waals surface area contributed by atoms with Crippen molar-refractivity contribution >= 4 is 17.7 Å². The molecule has 0 aliphatic heterocycles. The molecule has 0 radical (unpaired) electrons. The van der Waals surface area contributed by atoms with Crippen molar-refractivity contribution in [2.45, 2.75) is 12.1 Å². The lowest BCUT2D eigenvalue weighted by Gasteiger charge is -2.06. The van der Waals surface area contributed by atoms with Gasteiger partial charge in [0.1, 0.15) is 5.82 Å². The summed E-state index contributed by atoms with van der Waals surface area (Å²) in [7, 11) is 0. The average molecular weight is 248 g/mol. The van der Waals surface area contributed by atoms with Crippen LogP contribution in [0.15, 0.2) is 35.5 Å². The first-order valence-corrected chi connectivity index (χ1v) is 6.05. The Morgan fingerprint density at radius 1 is 1.35 bits per heavy atom. The van der Waals surface area contributed by atoms with E-state index in [1.54, 1.807) is 0 Å². The topological polar surface area (TPSA) is 73.8 Å². The van der Waals surface area contributed by atoms with Crippen LogP contribution >= 0.6 is 11.8 Å². The van der Waals surface area contributed by atoms with Gasteiger partial charge in [-0.2, -0.15) is 0 Å².